The molecule has 0 amide bonds. The Morgan fingerprint density at radius 3 is 2.62 bits per heavy atom. The van der Waals surface area contributed by atoms with E-state index >= 15 is 0 Å². The van der Waals surface area contributed by atoms with E-state index in [1.807, 2.05) is 0 Å². The number of guanidine groups is 1. The van der Waals surface area contributed by atoms with Crippen LogP contribution in [0.25, 0.3) is 0 Å². The Labute approximate surface area is 161 Å². The van der Waals surface area contributed by atoms with Gasteiger partial charge in [-0.3, -0.25) is 9.98 Å². The van der Waals surface area contributed by atoms with E-state index in [1.165, 1.54) is 44.1 Å². The lowest BCUT2D eigenvalue weighted by Gasteiger charge is -2.16. The van der Waals surface area contributed by atoms with Gasteiger partial charge in [0.15, 0.2) is 5.96 Å². The molecule has 24 heavy (non-hydrogen) atoms. The second-order valence-corrected chi connectivity index (χ2v) is 7.45. The smallest absolute Gasteiger partial charge is 0.242 e. The Morgan fingerprint density at radius 1 is 1.29 bits per heavy atom. The highest BCUT2D eigenvalue weighted by Gasteiger charge is 2.13. The first-order valence-electron chi connectivity index (χ1n) is 8.04. The van der Waals surface area contributed by atoms with Crippen molar-refractivity contribution in [3.63, 3.8) is 0 Å². The second-order valence-electron chi connectivity index (χ2n) is 5.69. The topological polar surface area (TPSA) is 109 Å². The molecular weight excluding hydrogens is 441 g/mol. The zero-order valence-corrected chi connectivity index (χ0v) is 16.8. The van der Waals surface area contributed by atoms with Crippen molar-refractivity contribution < 1.29 is 8.42 Å². The molecule has 1 aromatic rings. The number of halogens is 1. The van der Waals surface area contributed by atoms with E-state index in [2.05, 4.69) is 20.0 Å². The monoisotopic (exact) mass is 467 g/mol. The molecule has 0 aliphatic heterocycles. The molecule has 1 aliphatic rings. The Hall–Kier alpha value is -0.940. The van der Waals surface area contributed by atoms with Crippen LogP contribution in [0.5, 0.6) is 0 Å². The van der Waals surface area contributed by atoms with Crippen molar-refractivity contribution in [2.45, 2.75) is 49.5 Å². The van der Waals surface area contributed by atoms with E-state index in [0.29, 0.717) is 18.5 Å². The Morgan fingerprint density at radius 2 is 2.00 bits per heavy atom. The first kappa shape index (κ1) is 21.1. The highest BCUT2D eigenvalue weighted by Crippen LogP contribution is 2.16. The maximum absolute atomic E-state index is 12.0. The third-order valence-electron chi connectivity index (χ3n) is 3.84. The number of nitrogens with two attached hydrogens (primary N) is 1. The van der Waals surface area contributed by atoms with Gasteiger partial charge in [0.25, 0.3) is 0 Å². The van der Waals surface area contributed by atoms with Gasteiger partial charge in [0.1, 0.15) is 4.90 Å². The number of pyridine rings is 1. The summed E-state index contributed by atoms with van der Waals surface area (Å²) in [6, 6.07) is 3.47. The predicted octanol–water partition coefficient (Wildman–Crippen LogP) is 1.60. The molecule has 0 aromatic carbocycles. The van der Waals surface area contributed by atoms with Crippen molar-refractivity contribution in [3.05, 3.63) is 24.5 Å². The van der Waals surface area contributed by atoms with Gasteiger partial charge in [-0.1, -0.05) is 25.7 Å². The molecule has 0 unspecified atom stereocenters. The van der Waals surface area contributed by atoms with E-state index in [9.17, 15) is 8.42 Å². The van der Waals surface area contributed by atoms with Crippen LogP contribution >= 0.6 is 24.0 Å². The minimum atomic E-state index is -3.53. The fourth-order valence-electron chi connectivity index (χ4n) is 2.62. The van der Waals surface area contributed by atoms with Crippen LogP contribution in [0.4, 0.5) is 0 Å². The van der Waals surface area contributed by atoms with Crippen LogP contribution in [0.1, 0.15) is 38.5 Å². The maximum atomic E-state index is 12.0. The van der Waals surface area contributed by atoms with Crippen LogP contribution in [0.15, 0.2) is 34.4 Å². The zero-order valence-electron chi connectivity index (χ0n) is 13.6. The number of hydrogen-bond donors (Lipinski definition) is 3. The fraction of sp³-hybridized carbons (Fsp3) is 0.600. The highest BCUT2D eigenvalue weighted by atomic mass is 127. The van der Waals surface area contributed by atoms with E-state index < -0.39 is 10.0 Å². The minimum absolute atomic E-state index is 0. The lowest BCUT2D eigenvalue weighted by atomic mass is 10.1. The van der Waals surface area contributed by atoms with Gasteiger partial charge in [-0.05, 0) is 25.0 Å². The van der Waals surface area contributed by atoms with Crippen LogP contribution < -0.4 is 15.8 Å². The molecule has 0 spiro atoms. The molecule has 1 fully saturated rings. The number of aromatic nitrogens is 1. The SMILES string of the molecule is I.NC(=NCCNS(=O)(=O)c1cccnc1)NC1CCCCCC1. The molecule has 2 rings (SSSR count). The molecule has 0 atom stereocenters. The van der Waals surface area contributed by atoms with Crippen LogP contribution in [0.2, 0.25) is 0 Å². The molecule has 136 valence electrons. The zero-order chi connectivity index (χ0) is 16.5. The first-order valence-corrected chi connectivity index (χ1v) is 9.52. The summed E-state index contributed by atoms with van der Waals surface area (Å²) in [5.74, 6) is 0.387. The molecule has 4 N–H and O–H groups in total. The summed E-state index contributed by atoms with van der Waals surface area (Å²) in [6.45, 7) is 0.495. The third-order valence-corrected chi connectivity index (χ3v) is 5.28. The number of rotatable bonds is 6. The summed E-state index contributed by atoms with van der Waals surface area (Å²) in [7, 11) is -3.53. The summed E-state index contributed by atoms with van der Waals surface area (Å²) in [4.78, 5) is 8.14. The molecule has 1 saturated carbocycles. The van der Waals surface area contributed by atoms with E-state index in [0.717, 1.165) is 12.8 Å². The molecule has 1 aromatic heterocycles. The lowest BCUT2D eigenvalue weighted by molar-refractivity contribution is 0.530. The standard InChI is InChI=1S/C15H25N5O2S.HI/c16-15(20-13-6-3-1-2-4-7-13)18-10-11-19-23(21,22)14-8-5-9-17-12-14;/h5,8-9,12-13,19H,1-4,6-7,10-11H2,(H3,16,18,20);1H. The molecule has 0 bridgehead atoms. The quantitative estimate of drug-likeness (QED) is 0.194. The van der Waals surface area contributed by atoms with E-state index in [1.54, 1.807) is 6.07 Å². The van der Waals surface area contributed by atoms with Gasteiger partial charge in [0.05, 0.1) is 6.54 Å². The number of nitrogens with one attached hydrogen (secondary N) is 2. The fourth-order valence-corrected chi connectivity index (χ4v) is 3.61. The lowest BCUT2D eigenvalue weighted by Crippen LogP contribution is -2.40. The summed E-state index contributed by atoms with van der Waals surface area (Å²) < 4.78 is 26.5. The van der Waals surface area contributed by atoms with Crippen molar-refractivity contribution in [2.75, 3.05) is 13.1 Å². The largest absolute Gasteiger partial charge is 0.370 e. The second kappa shape index (κ2) is 10.8. The Kier molecular flexibility index (Phi) is 9.52. The van der Waals surface area contributed by atoms with Crippen LogP contribution in [0, 0.1) is 0 Å². The van der Waals surface area contributed by atoms with Crippen LogP contribution in [-0.2, 0) is 10.0 Å². The summed E-state index contributed by atoms with van der Waals surface area (Å²) in [5.41, 5.74) is 5.87. The number of hydrogen-bond acceptors (Lipinski definition) is 4. The van der Waals surface area contributed by atoms with Gasteiger partial charge < -0.3 is 11.1 Å². The van der Waals surface area contributed by atoms with E-state index in [4.69, 9.17) is 5.73 Å². The average molecular weight is 467 g/mol. The molecule has 1 heterocycles. The molecule has 0 saturated heterocycles. The van der Waals surface area contributed by atoms with Gasteiger partial charge in [-0.15, -0.1) is 24.0 Å². The third kappa shape index (κ3) is 7.31. The van der Waals surface area contributed by atoms with Gasteiger partial charge in [-0.25, -0.2) is 13.1 Å². The van der Waals surface area contributed by atoms with Gasteiger partial charge in [0, 0.05) is 25.0 Å². The summed E-state index contributed by atoms with van der Waals surface area (Å²) in [6.07, 6.45) is 10.1. The number of nitrogens with zero attached hydrogens (tertiary/aromatic N) is 2. The molecule has 0 radical (unpaired) electrons. The van der Waals surface area contributed by atoms with Gasteiger partial charge in [0.2, 0.25) is 10.0 Å². The van der Waals surface area contributed by atoms with Crippen molar-refractivity contribution in [1.29, 1.82) is 0 Å². The van der Waals surface area contributed by atoms with Gasteiger partial charge in [-0.2, -0.15) is 0 Å². The summed E-state index contributed by atoms with van der Waals surface area (Å²) >= 11 is 0. The predicted molar refractivity (Wildman–Crippen MR) is 106 cm³/mol. The molecule has 9 heteroatoms. The van der Waals surface area contributed by atoms with Crippen molar-refractivity contribution >= 4 is 40.0 Å². The van der Waals surface area contributed by atoms with Crippen LogP contribution in [-0.4, -0.2) is 38.5 Å². The highest BCUT2D eigenvalue weighted by molar-refractivity contribution is 14.0. The summed E-state index contributed by atoms with van der Waals surface area (Å²) in [5, 5.41) is 3.23. The van der Waals surface area contributed by atoms with Crippen molar-refractivity contribution in [1.82, 2.24) is 15.0 Å². The Bertz CT molecular complexity index is 602. The van der Waals surface area contributed by atoms with Crippen molar-refractivity contribution in [3.8, 4) is 0 Å². The van der Waals surface area contributed by atoms with E-state index in [-0.39, 0.29) is 35.4 Å². The van der Waals surface area contributed by atoms with Crippen LogP contribution in [0.3, 0.4) is 0 Å². The normalized spacial score (nSPS) is 16.9. The maximum Gasteiger partial charge on any atom is 0.242 e. The van der Waals surface area contributed by atoms with Gasteiger partial charge >= 0.3 is 0 Å². The molecule has 7 nitrogen and oxygen atoms in total. The number of sulfonamides is 1. The average Bonchev–Trinajstić information content (AvgIpc) is 2.81. The first-order chi connectivity index (χ1) is 11.1. The molecule has 1 aliphatic carbocycles. The van der Waals surface area contributed by atoms with Crippen molar-refractivity contribution in [2.24, 2.45) is 10.7 Å². The number of aliphatic imine (C=N–C) groups is 1. The Balaban J connectivity index is 0.00000288. The molecular formula is C15H26IN5O2S. The minimum Gasteiger partial charge on any atom is -0.370 e.